The fourth-order valence-corrected chi connectivity index (χ4v) is 0.515. The van der Waals surface area contributed by atoms with Crippen molar-refractivity contribution in [1.82, 2.24) is 0 Å². The summed E-state index contributed by atoms with van der Waals surface area (Å²) < 4.78 is 4.72. The molecule has 0 aliphatic rings. The van der Waals surface area contributed by atoms with Crippen LogP contribution in [0, 0.1) is 0 Å². The lowest BCUT2D eigenvalue weighted by Crippen LogP contribution is -2.20. The summed E-state index contributed by atoms with van der Waals surface area (Å²) in [6.45, 7) is 6.83. The van der Waals surface area contributed by atoms with E-state index in [0.29, 0.717) is 12.0 Å². The van der Waals surface area contributed by atoms with Gasteiger partial charge in [0, 0.05) is 5.57 Å². The highest BCUT2D eigenvalue weighted by Crippen LogP contribution is 1.99. The van der Waals surface area contributed by atoms with Crippen LogP contribution in [0.15, 0.2) is 12.2 Å². The lowest BCUT2D eigenvalue weighted by Gasteiger charge is -2.10. The van der Waals surface area contributed by atoms with Gasteiger partial charge in [0.15, 0.2) is 0 Å². The quantitative estimate of drug-likeness (QED) is 0.296. The van der Waals surface area contributed by atoms with Crippen LogP contribution in [0.3, 0.4) is 0 Å². The van der Waals surface area contributed by atoms with Gasteiger partial charge in [0.2, 0.25) is 0 Å². The molecule has 1 unspecified atom stereocenters. The second-order valence-corrected chi connectivity index (χ2v) is 2.51. The molecule has 0 spiro atoms. The molecule has 0 amide bonds. The van der Waals surface area contributed by atoms with Crippen molar-refractivity contribution in [3.63, 3.8) is 0 Å². The Kier molecular flexibility index (Phi) is 5.32. The number of ether oxygens (including phenoxy) is 1. The van der Waals surface area contributed by atoms with Gasteiger partial charge in [0.25, 0.3) is 0 Å². The van der Waals surface area contributed by atoms with Crippen molar-refractivity contribution in [3.8, 4) is 0 Å². The highest BCUT2D eigenvalue weighted by Gasteiger charge is 2.10. The molecule has 0 saturated heterocycles. The van der Waals surface area contributed by atoms with E-state index in [1.165, 1.54) is 0 Å². The number of carbonyl (C=O) groups excluding carboxylic acids is 1. The van der Waals surface area contributed by atoms with E-state index in [2.05, 4.69) is 11.5 Å². The van der Waals surface area contributed by atoms with Gasteiger partial charge >= 0.3 is 5.97 Å². The van der Waals surface area contributed by atoms with Gasteiger partial charge in [-0.05, 0) is 13.3 Å². The Labute approximate surface area is 71.7 Å². The molecule has 0 aliphatic carbocycles. The monoisotopic (exact) mass is 174 g/mol. The van der Waals surface area contributed by atoms with Gasteiger partial charge in [-0.2, -0.15) is 0 Å². The summed E-state index contributed by atoms with van der Waals surface area (Å²) in [5, 5.41) is 8.26. The van der Waals surface area contributed by atoms with Crippen LogP contribution in [0.5, 0.6) is 0 Å². The molecule has 0 saturated carbocycles. The van der Waals surface area contributed by atoms with Gasteiger partial charge < -0.3 is 4.74 Å². The number of hydrogen-bond acceptors (Lipinski definition) is 4. The van der Waals surface area contributed by atoms with E-state index in [0.717, 1.165) is 0 Å². The second kappa shape index (κ2) is 5.74. The minimum Gasteiger partial charge on any atom is -0.459 e. The second-order valence-electron chi connectivity index (χ2n) is 2.51. The van der Waals surface area contributed by atoms with Crippen LogP contribution in [-0.2, 0) is 14.4 Å². The molecule has 0 aliphatic heterocycles. The van der Waals surface area contributed by atoms with E-state index >= 15 is 0 Å². The first kappa shape index (κ1) is 11.1. The van der Waals surface area contributed by atoms with Crippen molar-refractivity contribution >= 4 is 5.97 Å². The fourth-order valence-electron chi connectivity index (χ4n) is 0.515. The van der Waals surface area contributed by atoms with Gasteiger partial charge in [-0.25, -0.2) is 9.68 Å². The third-order valence-electron chi connectivity index (χ3n) is 1.35. The van der Waals surface area contributed by atoms with E-state index in [1.54, 1.807) is 6.92 Å². The first-order valence-electron chi connectivity index (χ1n) is 3.74. The molecule has 1 atom stereocenters. The minimum absolute atomic E-state index is 0.0543. The summed E-state index contributed by atoms with van der Waals surface area (Å²) in [6, 6.07) is 0. The molecule has 0 fully saturated rings. The Bertz CT molecular complexity index is 160. The molecule has 4 heteroatoms. The van der Waals surface area contributed by atoms with Crippen LogP contribution >= 0.6 is 0 Å². The van der Waals surface area contributed by atoms with Crippen LogP contribution in [0.2, 0.25) is 0 Å². The van der Waals surface area contributed by atoms with Crippen molar-refractivity contribution in [2.75, 3.05) is 6.61 Å². The average molecular weight is 174 g/mol. The van der Waals surface area contributed by atoms with Crippen LogP contribution < -0.4 is 0 Å². The molecule has 0 aromatic carbocycles. The molecule has 0 bridgehead atoms. The Morgan fingerprint density at radius 1 is 1.67 bits per heavy atom. The molecule has 0 rings (SSSR count). The Balaban J connectivity index is 3.66. The fraction of sp³-hybridized carbons (Fsp3) is 0.625. The molecule has 4 nitrogen and oxygen atoms in total. The predicted molar refractivity (Wildman–Crippen MR) is 43.6 cm³/mol. The highest BCUT2D eigenvalue weighted by atomic mass is 17.1. The summed E-state index contributed by atoms with van der Waals surface area (Å²) >= 11 is 0. The number of hydrogen-bond donors (Lipinski definition) is 1. The third-order valence-corrected chi connectivity index (χ3v) is 1.35. The number of esters is 1. The zero-order chi connectivity index (χ0) is 9.56. The number of rotatable bonds is 5. The number of carbonyl (C=O) groups is 1. The van der Waals surface area contributed by atoms with Crippen molar-refractivity contribution in [1.29, 1.82) is 0 Å². The zero-order valence-corrected chi connectivity index (χ0v) is 7.37. The SMILES string of the molecule is C=C(C)C(=O)OCC(CC)OO. The third kappa shape index (κ3) is 4.10. The summed E-state index contributed by atoms with van der Waals surface area (Å²) in [4.78, 5) is 14.8. The molecule has 1 N–H and O–H groups in total. The van der Waals surface area contributed by atoms with Gasteiger partial charge in [-0.1, -0.05) is 13.5 Å². The van der Waals surface area contributed by atoms with E-state index in [9.17, 15) is 4.79 Å². The first-order chi connectivity index (χ1) is 5.61. The van der Waals surface area contributed by atoms with Gasteiger partial charge in [-0.15, -0.1) is 0 Å². The van der Waals surface area contributed by atoms with E-state index in [-0.39, 0.29) is 6.61 Å². The molecule has 70 valence electrons. The molecule has 0 aromatic heterocycles. The molecule has 12 heavy (non-hydrogen) atoms. The van der Waals surface area contributed by atoms with E-state index < -0.39 is 12.1 Å². The van der Waals surface area contributed by atoms with Crippen molar-refractivity contribution in [2.24, 2.45) is 0 Å². The topological polar surface area (TPSA) is 55.8 Å². The lowest BCUT2D eigenvalue weighted by atomic mass is 10.3. The summed E-state index contributed by atoms with van der Waals surface area (Å²) in [5.74, 6) is -0.467. The molecular weight excluding hydrogens is 160 g/mol. The van der Waals surface area contributed by atoms with Crippen LogP contribution in [0.1, 0.15) is 20.3 Å². The zero-order valence-electron chi connectivity index (χ0n) is 7.37. The van der Waals surface area contributed by atoms with Gasteiger partial charge in [0.05, 0.1) is 0 Å². The smallest absolute Gasteiger partial charge is 0.333 e. The summed E-state index contributed by atoms with van der Waals surface area (Å²) in [5.41, 5.74) is 0.336. The minimum atomic E-state index is -0.467. The predicted octanol–water partition coefficient (Wildman–Crippen LogP) is 1.37. The maximum atomic E-state index is 10.8. The van der Waals surface area contributed by atoms with Crippen LogP contribution in [0.4, 0.5) is 0 Å². The normalized spacial score (nSPS) is 12.2. The Morgan fingerprint density at radius 2 is 2.25 bits per heavy atom. The Hall–Kier alpha value is -0.870. The summed E-state index contributed by atoms with van der Waals surface area (Å²) in [7, 11) is 0. The standard InChI is InChI=1S/C8H14O4/c1-4-7(12-10)5-11-8(9)6(2)3/h7,10H,2,4-5H2,1,3H3. The van der Waals surface area contributed by atoms with E-state index in [4.69, 9.17) is 9.99 Å². The largest absolute Gasteiger partial charge is 0.459 e. The van der Waals surface area contributed by atoms with Crippen molar-refractivity contribution in [2.45, 2.75) is 26.4 Å². The molecule has 0 aromatic rings. The van der Waals surface area contributed by atoms with Crippen molar-refractivity contribution < 1.29 is 19.7 Å². The van der Waals surface area contributed by atoms with Gasteiger partial charge in [-0.3, -0.25) is 5.26 Å². The van der Waals surface area contributed by atoms with Gasteiger partial charge in [0.1, 0.15) is 12.7 Å². The van der Waals surface area contributed by atoms with Crippen molar-refractivity contribution in [3.05, 3.63) is 12.2 Å². The average Bonchev–Trinajstić information content (AvgIpc) is 2.05. The maximum Gasteiger partial charge on any atom is 0.333 e. The molecule has 0 heterocycles. The first-order valence-corrected chi connectivity index (χ1v) is 3.74. The molecule has 0 radical (unpaired) electrons. The van der Waals surface area contributed by atoms with Crippen LogP contribution in [-0.4, -0.2) is 23.9 Å². The Morgan fingerprint density at radius 3 is 2.58 bits per heavy atom. The van der Waals surface area contributed by atoms with E-state index in [1.807, 2.05) is 6.92 Å². The van der Waals surface area contributed by atoms with Crippen LogP contribution in [0.25, 0.3) is 0 Å². The molecular formula is C8H14O4. The summed E-state index contributed by atoms with van der Waals surface area (Å²) in [6.07, 6.45) is 0.133. The maximum absolute atomic E-state index is 10.8. The highest BCUT2D eigenvalue weighted by molar-refractivity contribution is 5.86. The lowest BCUT2D eigenvalue weighted by molar-refractivity contribution is -0.285.